The number of aromatic carboxylic acids is 1. The number of anilines is 1. The van der Waals surface area contributed by atoms with Crippen LogP contribution in [-0.2, 0) is 4.79 Å². The topological polar surface area (TPSA) is 103 Å². The standard InChI is InChI=1S/C24H30FN3O3.C2HF3O2/c1-15-21-18(16-5-6-16)13-19(24(30)31)23(29)28(21)14-20(25)22(15)27-11-7-17(8-12-27)26-9-3-2-4-10-26;3-2(4,5)1(6)7/h13-14,16-17H,2-12H2,1H3,(H,30,31);(H,6,7). The number of aliphatic carboxylic acids is 1. The molecule has 0 aromatic carbocycles. The summed E-state index contributed by atoms with van der Waals surface area (Å²) in [6.07, 6.45) is 3.97. The zero-order chi connectivity index (χ0) is 27.8. The molecule has 12 heteroatoms. The molecule has 8 nitrogen and oxygen atoms in total. The van der Waals surface area contributed by atoms with E-state index in [0.717, 1.165) is 49.9 Å². The average Bonchev–Trinajstić information content (AvgIpc) is 3.71. The maximum atomic E-state index is 15.3. The number of aromatic nitrogens is 1. The summed E-state index contributed by atoms with van der Waals surface area (Å²) < 4.78 is 48.3. The monoisotopic (exact) mass is 541 g/mol. The Morgan fingerprint density at radius 3 is 2.05 bits per heavy atom. The van der Waals surface area contributed by atoms with Crippen molar-refractivity contribution in [1.82, 2.24) is 9.30 Å². The van der Waals surface area contributed by atoms with Gasteiger partial charge in [0.05, 0.1) is 17.4 Å². The number of hydrogen-bond acceptors (Lipinski definition) is 5. The predicted molar refractivity (Wildman–Crippen MR) is 132 cm³/mol. The van der Waals surface area contributed by atoms with Crippen LogP contribution in [-0.4, -0.2) is 69.8 Å². The molecule has 1 aliphatic carbocycles. The Labute approximate surface area is 216 Å². The van der Waals surface area contributed by atoms with Gasteiger partial charge in [0.15, 0.2) is 5.82 Å². The smallest absolute Gasteiger partial charge is 0.477 e. The van der Waals surface area contributed by atoms with Crippen LogP contribution in [0.1, 0.15) is 72.3 Å². The molecular formula is C26H31F4N3O5. The number of halogens is 4. The molecule has 0 radical (unpaired) electrons. The van der Waals surface area contributed by atoms with Crippen molar-refractivity contribution < 1.29 is 37.4 Å². The number of carboxylic acids is 2. The van der Waals surface area contributed by atoms with Gasteiger partial charge in [0, 0.05) is 19.1 Å². The lowest BCUT2D eigenvalue weighted by atomic mass is 9.98. The van der Waals surface area contributed by atoms with Gasteiger partial charge in [-0.2, -0.15) is 13.2 Å². The molecule has 3 aliphatic rings. The average molecular weight is 542 g/mol. The normalized spacial score (nSPS) is 19.2. The van der Waals surface area contributed by atoms with Crippen LogP contribution < -0.4 is 10.5 Å². The van der Waals surface area contributed by atoms with E-state index in [1.165, 1.54) is 49.0 Å². The number of carboxylic acid groups (broad SMARTS) is 2. The Balaban J connectivity index is 0.000000426. The third-order valence-electron chi connectivity index (χ3n) is 7.62. The third-order valence-corrected chi connectivity index (χ3v) is 7.62. The van der Waals surface area contributed by atoms with E-state index in [0.29, 0.717) is 17.2 Å². The number of carbonyl (C=O) groups is 2. The van der Waals surface area contributed by atoms with Gasteiger partial charge in [-0.1, -0.05) is 6.42 Å². The number of nitrogens with zero attached hydrogens (tertiary/aromatic N) is 3. The van der Waals surface area contributed by atoms with E-state index in [2.05, 4.69) is 9.80 Å². The number of hydrogen-bond donors (Lipinski definition) is 2. The summed E-state index contributed by atoms with van der Waals surface area (Å²) in [6.45, 7) is 5.81. The molecule has 0 amide bonds. The lowest BCUT2D eigenvalue weighted by Gasteiger charge is -2.41. The Morgan fingerprint density at radius 1 is 0.974 bits per heavy atom. The van der Waals surface area contributed by atoms with Crippen LogP contribution in [0.25, 0.3) is 5.52 Å². The first-order chi connectivity index (χ1) is 17.9. The highest BCUT2D eigenvalue weighted by atomic mass is 19.4. The zero-order valence-electron chi connectivity index (χ0n) is 21.1. The second-order valence-electron chi connectivity index (χ2n) is 10.2. The quantitative estimate of drug-likeness (QED) is 0.553. The van der Waals surface area contributed by atoms with E-state index in [1.807, 2.05) is 6.92 Å². The van der Waals surface area contributed by atoms with E-state index >= 15 is 4.39 Å². The van der Waals surface area contributed by atoms with Crippen LogP contribution in [0.2, 0.25) is 0 Å². The number of rotatable bonds is 4. The number of piperidine rings is 2. The second kappa shape index (κ2) is 10.9. The number of alkyl halides is 3. The molecule has 0 unspecified atom stereocenters. The molecular weight excluding hydrogens is 510 g/mol. The van der Waals surface area contributed by atoms with Gasteiger partial charge in [-0.3, -0.25) is 9.20 Å². The van der Waals surface area contributed by atoms with E-state index < -0.39 is 29.5 Å². The highest BCUT2D eigenvalue weighted by molar-refractivity contribution is 5.89. The summed E-state index contributed by atoms with van der Waals surface area (Å²) >= 11 is 0. The van der Waals surface area contributed by atoms with Crippen molar-refractivity contribution in [2.45, 2.75) is 70.0 Å². The van der Waals surface area contributed by atoms with Gasteiger partial charge in [0.25, 0.3) is 5.56 Å². The number of aryl methyl sites for hydroxylation is 1. The fraction of sp³-hybridized carbons (Fsp3) is 0.577. The molecule has 4 heterocycles. The van der Waals surface area contributed by atoms with Crippen LogP contribution in [0.4, 0.5) is 23.2 Å². The van der Waals surface area contributed by atoms with Gasteiger partial charge in [-0.25, -0.2) is 14.0 Å². The first-order valence-electron chi connectivity index (χ1n) is 12.8. The van der Waals surface area contributed by atoms with Crippen molar-refractivity contribution in [2.75, 3.05) is 31.1 Å². The minimum absolute atomic E-state index is 0.246. The van der Waals surface area contributed by atoms with Crippen LogP contribution in [0.5, 0.6) is 0 Å². The highest BCUT2D eigenvalue weighted by Crippen LogP contribution is 2.44. The Morgan fingerprint density at radius 2 is 1.55 bits per heavy atom. The molecule has 1 saturated carbocycles. The van der Waals surface area contributed by atoms with Crippen molar-refractivity contribution >= 4 is 23.1 Å². The second-order valence-corrected chi connectivity index (χ2v) is 10.2. The molecule has 2 aromatic heterocycles. The summed E-state index contributed by atoms with van der Waals surface area (Å²) in [4.78, 5) is 38.0. The summed E-state index contributed by atoms with van der Waals surface area (Å²) in [5.41, 5.74) is 1.91. The van der Waals surface area contributed by atoms with E-state index in [1.54, 1.807) is 0 Å². The van der Waals surface area contributed by atoms with E-state index in [4.69, 9.17) is 9.90 Å². The molecule has 0 bridgehead atoms. The van der Waals surface area contributed by atoms with E-state index in [-0.39, 0.29) is 11.5 Å². The summed E-state index contributed by atoms with van der Waals surface area (Å²) in [5, 5.41) is 16.6. The molecule has 3 fully saturated rings. The third kappa shape index (κ3) is 5.79. The number of pyridine rings is 2. The van der Waals surface area contributed by atoms with Crippen molar-refractivity contribution in [2.24, 2.45) is 0 Å². The van der Waals surface area contributed by atoms with E-state index in [9.17, 15) is 27.9 Å². The molecule has 2 aromatic rings. The summed E-state index contributed by atoms with van der Waals surface area (Å²) in [5.74, 6) is -4.22. The molecule has 0 spiro atoms. The van der Waals surface area contributed by atoms with Crippen molar-refractivity contribution in [3.8, 4) is 0 Å². The maximum absolute atomic E-state index is 15.3. The first kappa shape index (κ1) is 27.9. The zero-order valence-corrected chi connectivity index (χ0v) is 21.1. The molecule has 2 saturated heterocycles. The summed E-state index contributed by atoms with van der Waals surface area (Å²) in [6, 6.07) is 2.10. The Kier molecular flexibility index (Phi) is 8.01. The fourth-order valence-corrected chi connectivity index (χ4v) is 5.63. The van der Waals surface area contributed by atoms with Gasteiger partial charge in [-0.05, 0) is 81.6 Å². The fourth-order valence-electron chi connectivity index (χ4n) is 5.63. The van der Waals surface area contributed by atoms with Crippen LogP contribution >= 0.6 is 0 Å². The minimum Gasteiger partial charge on any atom is -0.477 e. The molecule has 2 aliphatic heterocycles. The van der Waals surface area contributed by atoms with Gasteiger partial charge in [0.1, 0.15) is 5.56 Å². The molecule has 5 rings (SSSR count). The Bertz CT molecular complexity index is 1270. The van der Waals surface area contributed by atoms with Gasteiger partial charge < -0.3 is 20.0 Å². The van der Waals surface area contributed by atoms with Crippen LogP contribution in [0.15, 0.2) is 17.1 Å². The number of likely N-dealkylation sites (tertiary alicyclic amines) is 1. The van der Waals surface area contributed by atoms with Gasteiger partial charge in [-0.15, -0.1) is 0 Å². The lowest BCUT2D eigenvalue weighted by Crippen LogP contribution is -2.47. The lowest BCUT2D eigenvalue weighted by molar-refractivity contribution is -0.192. The SMILES string of the molecule is Cc1c(N2CCC(N3CCCCC3)CC2)c(F)cn2c(=O)c(C(=O)O)cc(C3CC3)c12.O=C(O)C(F)(F)F. The molecule has 208 valence electrons. The molecule has 38 heavy (non-hydrogen) atoms. The minimum atomic E-state index is -5.08. The molecule has 2 N–H and O–H groups in total. The number of fused-ring (bicyclic) bond motifs is 1. The predicted octanol–water partition coefficient (Wildman–Crippen LogP) is 4.41. The highest BCUT2D eigenvalue weighted by Gasteiger charge is 2.38. The van der Waals surface area contributed by atoms with Crippen LogP contribution in [0.3, 0.4) is 0 Å². The maximum Gasteiger partial charge on any atom is 0.490 e. The van der Waals surface area contributed by atoms with Crippen molar-refractivity contribution in [3.05, 3.63) is 45.1 Å². The first-order valence-corrected chi connectivity index (χ1v) is 12.8. The van der Waals surface area contributed by atoms with Gasteiger partial charge in [0.2, 0.25) is 0 Å². The van der Waals surface area contributed by atoms with Crippen LogP contribution in [0, 0.1) is 12.7 Å². The summed E-state index contributed by atoms with van der Waals surface area (Å²) in [7, 11) is 0. The van der Waals surface area contributed by atoms with Gasteiger partial charge >= 0.3 is 18.1 Å². The Hall–Kier alpha value is -3.15. The van der Waals surface area contributed by atoms with Crippen molar-refractivity contribution in [3.63, 3.8) is 0 Å². The molecule has 0 atom stereocenters. The largest absolute Gasteiger partial charge is 0.490 e. The van der Waals surface area contributed by atoms with Crippen molar-refractivity contribution in [1.29, 1.82) is 0 Å².